The van der Waals surface area contributed by atoms with Crippen molar-refractivity contribution >= 4 is 5.97 Å². The summed E-state index contributed by atoms with van der Waals surface area (Å²) in [5.74, 6) is -0.200. The van der Waals surface area contributed by atoms with E-state index in [1.54, 1.807) is 7.11 Å². The first-order chi connectivity index (χ1) is 9.27. The lowest BCUT2D eigenvalue weighted by molar-refractivity contribution is -0.148. The lowest BCUT2D eigenvalue weighted by Gasteiger charge is -2.31. The summed E-state index contributed by atoms with van der Waals surface area (Å²) < 4.78 is 10.2. The van der Waals surface area contributed by atoms with E-state index in [1.165, 1.54) is 7.11 Å². The molecule has 0 bridgehead atoms. The van der Waals surface area contributed by atoms with Gasteiger partial charge in [-0.3, -0.25) is 4.90 Å². The van der Waals surface area contributed by atoms with Gasteiger partial charge < -0.3 is 9.47 Å². The number of carbonyl (C=O) groups excluding carboxylic acids is 1. The molecule has 1 aliphatic rings. The van der Waals surface area contributed by atoms with Gasteiger partial charge in [0.25, 0.3) is 0 Å². The summed E-state index contributed by atoms with van der Waals surface area (Å²) in [5, 5.41) is 0. The smallest absolute Gasteiger partial charge is 0.327 e. The van der Waals surface area contributed by atoms with Gasteiger partial charge in [-0.15, -0.1) is 0 Å². The van der Waals surface area contributed by atoms with Crippen LogP contribution in [0.5, 0.6) is 0 Å². The third-order valence-electron chi connectivity index (χ3n) is 3.65. The Balaban J connectivity index is 2.25. The lowest BCUT2D eigenvalue weighted by atomic mass is 10.0. The van der Waals surface area contributed by atoms with Gasteiger partial charge in [-0.2, -0.15) is 0 Å². The molecule has 0 amide bonds. The van der Waals surface area contributed by atoms with Gasteiger partial charge >= 0.3 is 5.97 Å². The molecule has 4 heteroatoms. The number of carbonyl (C=O) groups is 1. The highest BCUT2D eigenvalue weighted by atomic mass is 16.5. The maximum absolute atomic E-state index is 12.1. The molecule has 0 aromatic heterocycles. The summed E-state index contributed by atoms with van der Waals surface area (Å²) in [6.45, 7) is 1.56. The summed E-state index contributed by atoms with van der Waals surface area (Å²) in [6, 6.07) is 9.77. The number of hydrogen-bond acceptors (Lipinski definition) is 4. The van der Waals surface area contributed by atoms with E-state index in [4.69, 9.17) is 9.47 Å². The summed E-state index contributed by atoms with van der Waals surface area (Å²) in [7, 11) is 3.14. The quantitative estimate of drug-likeness (QED) is 0.762. The molecular weight excluding hydrogens is 242 g/mol. The molecule has 1 heterocycles. The highest BCUT2D eigenvalue weighted by molar-refractivity contribution is 5.77. The Hall–Kier alpha value is -1.39. The number of rotatable bonds is 5. The van der Waals surface area contributed by atoms with E-state index in [0.29, 0.717) is 6.61 Å². The number of esters is 1. The van der Waals surface area contributed by atoms with E-state index < -0.39 is 0 Å². The van der Waals surface area contributed by atoms with Crippen molar-refractivity contribution < 1.29 is 14.3 Å². The van der Waals surface area contributed by atoms with Crippen LogP contribution in [0, 0.1) is 0 Å². The molecule has 2 rings (SSSR count). The van der Waals surface area contributed by atoms with Crippen molar-refractivity contribution in [1.82, 2.24) is 4.90 Å². The third-order valence-corrected chi connectivity index (χ3v) is 3.65. The fraction of sp³-hybridized carbons (Fsp3) is 0.533. The van der Waals surface area contributed by atoms with Crippen LogP contribution in [0.3, 0.4) is 0 Å². The summed E-state index contributed by atoms with van der Waals surface area (Å²) in [6.07, 6.45) is 2.16. The summed E-state index contributed by atoms with van der Waals surface area (Å²) >= 11 is 0. The first-order valence-electron chi connectivity index (χ1n) is 6.65. The molecule has 1 aromatic carbocycles. The Morgan fingerprint density at radius 3 is 2.74 bits per heavy atom. The molecule has 4 nitrogen and oxygen atoms in total. The molecule has 1 aliphatic heterocycles. The van der Waals surface area contributed by atoms with Crippen molar-refractivity contribution in [3.8, 4) is 0 Å². The van der Waals surface area contributed by atoms with Gasteiger partial charge in [-0.1, -0.05) is 30.3 Å². The van der Waals surface area contributed by atoms with Gasteiger partial charge in [0.05, 0.1) is 13.7 Å². The van der Waals surface area contributed by atoms with Gasteiger partial charge in [0.2, 0.25) is 0 Å². The van der Waals surface area contributed by atoms with Crippen molar-refractivity contribution in [3.63, 3.8) is 0 Å². The molecule has 19 heavy (non-hydrogen) atoms. The van der Waals surface area contributed by atoms with Crippen molar-refractivity contribution in [2.75, 3.05) is 27.4 Å². The van der Waals surface area contributed by atoms with Gasteiger partial charge in [0, 0.05) is 13.2 Å². The van der Waals surface area contributed by atoms with Crippen LogP contribution in [0.2, 0.25) is 0 Å². The van der Waals surface area contributed by atoms with Gasteiger partial charge in [0.1, 0.15) is 6.04 Å². The Morgan fingerprint density at radius 1 is 1.37 bits per heavy atom. The maximum atomic E-state index is 12.1. The topological polar surface area (TPSA) is 38.8 Å². The number of hydrogen-bond donors (Lipinski definition) is 0. The monoisotopic (exact) mass is 263 g/mol. The molecule has 1 saturated heterocycles. The van der Waals surface area contributed by atoms with Gasteiger partial charge in [-0.05, 0) is 24.9 Å². The van der Waals surface area contributed by atoms with E-state index >= 15 is 0 Å². The SMILES string of the molecule is COC[C@@H]1CCCN1[C@@H](C(=O)OC)c1ccccc1. The van der Waals surface area contributed by atoms with E-state index in [2.05, 4.69) is 4.90 Å². The predicted octanol–water partition coefficient (Wildman–Crippen LogP) is 2.01. The zero-order chi connectivity index (χ0) is 13.7. The molecule has 0 unspecified atom stereocenters. The van der Waals surface area contributed by atoms with E-state index in [-0.39, 0.29) is 18.1 Å². The van der Waals surface area contributed by atoms with Crippen molar-refractivity contribution in [1.29, 1.82) is 0 Å². The van der Waals surface area contributed by atoms with E-state index in [1.807, 2.05) is 30.3 Å². The largest absolute Gasteiger partial charge is 0.468 e. The second-order valence-corrected chi connectivity index (χ2v) is 4.83. The molecule has 0 N–H and O–H groups in total. The van der Waals surface area contributed by atoms with Crippen molar-refractivity contribution in [2.45, 2.75) is 24.9 Å². The fourth-order valence-electron chi connectivity index (χ4n) is 2.78. The molecular formula is C15H21NO3. The fourth-order valence-corrected chi connectivity index (χ4v) is 2.78. The Bertz CT molecular complexity index is 407. The first-order valence-corrected chi connectivity index (χ1v) is 6.65. The maximum Gasteiger partial charge on any atom is 0.327 e. The van der Waals surface area contributed by atoms with Crippen molar-refractivity contribution in [3.05, 3.63) is 35.9 Å². The molecule has 0 radical (unpaired) electrons. The van der Waals surface area contributed by atoms with Crippen LogP contribution < -0.4 is 0 Å². The zero-order valence-corrected chi connectivity index (χ0v) is 11.5. The second kappa shape index (κ2) is 6.68. The number of ether oxygens (including phenoxy) is 2. The molecule has 104 valence electrons. The summed E-state index contributed by atoms with van der Waals surface area (Å²) in [4.78, 5) is 14.3. The van der Waals surface area contributed by atoms with Gasteiger partial charge in [0.15, 0.2) is 0 Å². The van der Waals surface area contributed by atoms with Crippen LogP contribution in [-0.2, 0) is 14.3 Å². The van der Waals surface area contributed by atoms with Crippen LogP contribution in [0.25, 0.3) is 0 Å². The highest BCUT2D eigenvalue weighted by Gasteiger charge is 2.36. The van der Waals surface area contributed by atoms with E-state index in [9.17, 15) is 4.79 Å². The molecule has 0 aliphatic carbocycles. The standard InChI is InChI=1S/C15H21NO3/c1-18-11-13-9-6-10-16(13)14(15(17)19-2)12-7-4-3-5-8-12/h3-5,7-8,13-14H,6,9-11H2,1-2H3/t13-,14+/m0/s1. The summed E-state index contributed by atoms with van der Waals surface area (Å²) in [5.41, 5.74) is 0.984. The minimum atomic E-state index is -0.325. The number of methoxy groups -OCH3 is 2. The van der Waals surface area contributed by atoms with E-state index in [0.717, 1.165) is 24.9 Å². The molecule has 0 saturated carbocycles. The second-order valence-electron chi connectivity index (χ2n) is 4.83. The Morgan fingerprint density at radius 2 is 2.11 bits per heavy atom. The van der Waals surface area contributed by atoms with Gasteiger partial charge in [-0.25, -0.2) is 4.79 Å². The predicted molar refractivity (Wildman–Crippen MR) is 72.8 cm³/mol. The number of benzene rings is 1. The van der Waals surface area contributed by atoms with Crippen LogP contribution in [0.1, 0.15) is 24.4 Å². The number of likely N-dealkylation sites (tertiary alicyclic amines) is 1. The van der Waals surface area contributed by atoms with Crippen LogP contribution in [0.15, 0.2) is 30.3 Å². The lowest BCUT2D eigenvalue weighted by Crippen LogP contribution is -2.40. The Kier molecular flexibility index (Phi) is 4.93. The third kappa shape index (κ3) is 3.14. The number of nitrogens with zero attached hydrogens (tertiary/aromatic N) is 1. The molecule has 2 atom stereocenters. The molecule has 1 fully saturated rings. The van der Waals surface area contributed by atoms with Crippen LogP contribution in [0.4, 0.5) is 0 Å². The normalized spacial score (nSPS) is 21.3. The zero-order valence-electron chi connectivity index (χ0n) is 11.5. The minimum Gasteiger partial charge on any atom is -0.468 e. The minimum absolute atomic E-state index is 0.200. The van der Waals surface area contributed by atoms with Crippen LogP contribution in [-0.4, -0.2) is 44.3 Å². The highest BCUT2D eigenvalue weighted by Crippen LogP contribution is 2.30. The first kappa shape index (κ1) is 14.0. The van der Waals surface area contributed by atoms with Crippen molar-refractivity contribution in [2.24, 2.45) is 0 Å². The molecule has 1 aromatic rings. The molecule has 0 spiro atoms. The average Bonchev–Trinajstić information content (AvgIpc) is 2.89. The average molecular weight is 263 g/mol. The van der Waals surface area contributed by atoms with Crippen LogP contribution >= 0.6 is 0 Å². The Labute approximate surface area is 114 Å².